The van der Waals surface area contributed by atoms with Crippen LogP contribution in [-0.2, 0) is 7.05 Å². The van der Waals surface area contributed by atoms with E-state index in [-0.39, 0.29) is 0 Å². The van der Waals surface area contributed by atoms with Crippen LogP contribution in [0.15, 0.2) is 36.7 Å². The molecule has 0 saturated carbocycles. The van der Waals surface area contributed by atoms with Crippen molar-refractivity contribution < 1.29 is 4.74 Å². The number of aromatic nitrogens is 6. The van der Waals surface area contributed by atoms with Crippen molar-refractivity contribution >= 4 is 17.2 Å². The molecule has 0 radical (unpaired) electrons. The van der Waals surface area contributed by atoms with Gasteiger partial charge in [0.15, 0.2) is 11.6 Å². The molecule has 4 aromatic rings. The monoisotopic (exact) mass is 404 g/mol. The molecular formula is C21H24N8O. The lowest BCUT2D eigenvalue weighted by molar-refractivity contribution is 0.218. The molecule has 0 amide bonds. The van der Waals surface area contributed by atoms with E-state index in [0.717, 1.165) is 58.6 Å². The van der Waals surface area contributed by atoms with Gasteiger partial charge in [0.2, 0.25) is 0 Å². The number of aryl methyl sites for hydroxylation is 3. The molecule has 1 saturated heterocycles. The van der Waals surface area contributed by atoms with Crippen molar-refractivity contribution in [3.8, 4) is 17.0 Å². The van der Waals surface area contributed by atoms with Crippen LogP contribution >= 0.6 is 0 Å². The van der Waals surface area contributed by atoms with Gasteiger partial charge in [0.25, 0.3) is 0 Å². The minimum atomic E-state index is 0.429. The Morgan fingerprint density at radius 3 is 2.83 bits per heavy atom. The lowest BCUT2D eigenvalue weighted by Gasteiger charge is -2.27. The molecule has 1 unspecified atom stereocenters. The first kappa shape index (κ1) is 18.6. The van der Waals surface area contributed by atoms with Crippen molar-refractivity contribution in [2.45, 2.75) is 26.3 Å². The normalized spacial score (nSPS) is 15.9. The van der Waals surface area contributed by atoms with E-state index in [1.54, 1.807) is 6.20 Å². The van der Waals surface area contributed by atoms with Gasteiger partial charge in [-0.05, 0) is 38.9 Å². The summed E-state index contributed by atoms with van der Waals surface area (Å²) < 4.78 is 9.72. The zero-order valence-electron chi connectivity index (χ0n) is 17.3. The van der Waals surface area contributed by atoms with Crippen molar-refractivity contribution in [2.75, 3.05) is 18.5 Å². The molecule has 1 aliphatic heterocycles. The lowest BCUT2D eigenvalue weighted by atomic mass is 10.1. The van der Waals surface area contributed by atoms with E-state index in [1.165, 1.54) is 0 Å². The summed E-state index contributed by atoms with van der Waals surface area (Å²) in [6.45, 7) is 5.54. The van der Waals surface area contributed by atoms with Crippen LogP contribution in [0.3, 0.4) is 0 Å². The molecule has 0 aromatic carbocycles. The molecule has 1 fully saturated rings. The fourth-order valence-corrected chi connectivity index (χ4v) is 3.65. The van der Waals surface area contributed by atoms with Crippen molar-refractivity contribution in [2.24, 2.45) is 7.05 Å². The van der Waals surface area contributed by atoms with Crippen molar-refractivity contribution in [1.82, 2.24) is 34.7 Å². The first-order valence-electron chi connectivity index (χ1n) is 10.0. The number of pyridine rings is 1. The number of hydrogen-bond donors (Lipinski definition) is 2. The van der Waals surface area contributed by atoms with Crippen LogP contribution < -0.4 is 15.4 Å². The summed E-state index contributed by atoms with van der Waals surface area (Å²) in [5, 5.41) is 15.6. The summed E-state index contributed by atoms with van der Waals surface area (Å²) in [7, 11) is 1.93. The molecule has 9 nitrogen and oxygen atoms in total. The maximum Gasteiger partial charge on any atom is 0.165 e. The maximum atomic E-state index is 6.04. The van der Waals surface area contributed by atoms with Gasteiger partial charge in [-0.2, -0.15) is 10.2 Å². The Kier molecular flexibility index (Phi) is 4.59. The van der Waals surface area contributed by atoms with E-state index >= 15 is 0 Å². The Morgan fingerprint density at radius 1 is 1.20 bits per heavy atom. The van der Waals surface area contributed by atoms with Gasteiger partial charge < -0.3 is 15.4 Å². The average molecular weight is 404 g/mol. The van der Waals surface area contributed by atoms with Crippen LogP contribution in [0.2, 0.25) is 0 Å². The minimum absolute atomic E-state index is 0.429. The molecule has 0 bridgehead atoms. The molecule has 5 heterocycles. The van der Waals surface area contributed by atoms with Crippen LogP contribution in [0, 0.1) is 13.8 Å². The number of fused-ring (bicyclic) bond motifs is 1. The molecule has 0 spiro atoms. The molecule has 2 N–H and O–H groups in total. The summed E-state index contributed by atoms with van der Waals surface area (Å²) in [5.41, 5.74) is 3.86. The molecule has 154 valence electrons. The number of nitrogens with zero attached hydrogens (tertiary/aromatic N) is 6. The quantitative estimate of drug-likeness (QED) is 0.510. The van der Waals surface area contributed by atoms with Crippen LogP contribution in [-0.4, -0.2) is 48.6 Å². The summed E-state index contributed by atoms with van der Waals surface area (Å²) in [6, 6.07) is 8.43. The highest BCUT2D eigenvalue weighted by molar-refractivity contribution is 5.72. The van der Waals surface area contributed by atoms with Gasteiger partial charge in [-0.15, -0.1) is 0 Å². The third kappa shape index (κ3) is 3.59. The van der Waals surface area contributed by atoms with Gasteiger partial charge in [0, 0.05) is 42.7 Å². The van der Waals surface area contributed by atoms with Crippen LogP contribution in [0.5, 0.6) is 5.75 Å². The van der Waals surface area contributed by atoms with Gasteiger partial charge >= 0.3 is 0 Å². The molecule has 9 heteroatoms. The number of anilines is 2. The summed E-state index contributed by atoms with van der Waals surface area (Å²) in [4.78, 5) is 8.73. The fraction of sp³-hybridized carbons (Fsp3) is 0.333. The second kappa shape index (κ2) is 7.42. The predicted molar refractivity (Wildman–Crippen MR) is 114 cm³/mol. The van der Waals surface area contributed by atoms with Crippen molar-refractivity contribution in [3.05, 3.63) is 48.2 Å². The van der Waals surface area contributed by atoms with Crippen molar-refractivity contribution in [1.29, 1.82) is 0 Å². The van der Waals surface area contributed by atoms with E-state index in [1.807, 2.05) is 54.5 Å². The summed E-state index contributed by atoms with van der Waals surface area (Å²) in [5.74, 6) is 2.97. The molecule has 30 heavy (non-hydrogen) atoms. The zero-order chi connectivity index (χ0) is 20.7. The van der Waals surface area contributed by atoms with Gasteiger partial charge in [0.1, 0.15) is 23.9 Å². The van der Waals surface area contributed by atoms with Crippen LogP contribution in [0.1, 0.15) is 17.9 Å². The number of hydrogen-bond acceptors (Lipinski definition) is 7. The third-order valence-electron chi connectivity index (χ3n) is 5.23. The highest BCUT2D eigenvalue weighted by atomic mass is 16.5. The average Bonchev–Trinajstić information content (AvgIpc) is 3.21. The van der Waals surface area contributed by atoms with Gasteiger partial charge in [-0.1, -0.05) is 0 Å². The molecule has 0 aliphatic carbocycles. The standard InChI is InChI=1S/C21H24N8O/c1-13-8-19(25-14(2)24-13)26-20-10-17-9-15(5-7-29(17)27-20)21-18(11-23-28(21)3)30-12-16-4-6-22-16/h5,7-11,16,22H,4,6,12H2,1-3H3,(H,24,25,26,27). The Bertz CT molecular complexity index is 1190. The third-order valence-corrected chi connectivity index (χ3v) is 5.23. The van der Waals surface area contributed by atoms with Gasteiger partial charge in [-0.3, -0.25) is 4.68 Å². The fourth-order valence-electron chi connectivity index (χ4n) is 3.65. The Balaban J connectivity index is 1.42. The van der Waals surface area contributed by atoms with Crippen LogP contribution in [0.25, 0.3) is 16.8 Å². The largest absolute Gasteiger partial charge is 0.488 e. The van der Waals surface area contributed by atoms with E-state index in [2.05, 4.69) is 36.9 Å². The zero-order valence-corrected chi connectivity index (χ0v) is 17.3. The molecular weight excluding hydrogens is 380 g/mol. The second-order valence-electron chi connectivity index (χ2n) is 7.61. The van der Waals surface area contributed by atoms with E-state index in [4.69, 9.17) is 4.74 Å². The first-order valence-corrected chi connectivity index (χ1v) is 10.0. The maximum absolute atomic E-state index is 6.04. The number of nitrogens with one attached hydrogen (secondary N) is 2. The van der Waals surface area contributed by atoms with Gasteiger partial charge in [-0.25, -0.2) is 14.5 Å². The van der Waals surface area contributed by atoms with E-state index in [9.17, 15) is 0 Å². The highest BCUT2D eigenvalue weighted by Gasteiger charge is 2.19. The topological polar surface area (TPSA) is 94.2 Å². The van der Waals surface area contributed by atoms with E-state index < -0.39 is 0 Å². The van der Waals surface area contributed by atoms with Crippen LogP contribution in [0.4, 0.5) is 11.6 Å². The lowest BCUT2D eigenvalue weighted by Crippen LogP contribution is -2.46. The smallest absolute Gasteiger partial charge is 0.165 e. The molecule has 4 aromatic heterocycles. The molecule has 5 rings (SSSR count). The summed E-state index contributed by atoms with van der Waals surface area (Å²) >= 11 is 0. The molecule has 1 aliphatic rings. The Hall–Kier alpha value is -3.46. The number of rotatable bonds is 6. The summed E-state index contributed by atoms with van der Waals surface area (Å²) in [6.07, 6.45) is 4.87. The second-order valence-corrected chi connectivity index (χ2v) is 7.61. The SMILES string of the molecule is Cc1cc(Nc2cc3cc(-c4c(OCC5CCN5)cnn4C)ccn3n2)nc(C)n1. The predicted octanol–water partition coefficient (Wildman–Crippen LogP) is 2.63. The first-order chi connectivity index (χ1) is 14.5. The van der Waals surface area contributed by atoms with Crippen molar-refractivity contribution in [3.63, 3.8) is 0 Å². The number of ether oxygens (including phenoxy) is 1. The van der Waals surface area contributed by atoms with Gasteiger partial charge in [0.05, 0.1) is 11.7 Å². The Morgan fingerprint density at radius 2 is 2.07 bits per heavy atom. The molecule has 1 atom stereocenters. The minimum Gasteiger partial charge on any atom is -0.488 e. The highest BCUT2D eigenvalue weighted by Crippen LogP contribution is 2.31. The van der Waals surface area contributed by atoms with E-state index in [0.29, 0.717) is 12.6 Å². The Labute approximate surface area is 174 Å².